The molecule has 2 aromatic rings. The van der Waals surface area contributed by atoms with Gasteiger partial charge in [0, 0.05) is 24.9 Å². The molecule has 0 saturated carbocycles. The molecular formula is C19H24N4O4. The van der Waals surface area contributed by atoms with Gasteiger partial charge in [0.2, 0.25) is 5.91 Å². The van der Waals surface area contributed by atoms with Crippen LogP contribution < -0.4 is 15.8 Å². The van der Waals surface area contributed by atoms with Crippen LogP contribution >= 0.6 is 0 Å². The number of amides is 2. The number of carbonyl (C=O) groups is 2. The molecule has 1 fully saturated rings. The first-order chi connectivity index (χ1) is 12.9. The molecule has 0 aliphatic carbocycles. The van der Waals surface area contributed by atoms with E-state index in [1.165, 1.54) is 0 Å². The Morgan fingerprint density at radius 3 is 2.59 bits per heavy atom. The third kappa shape index (κ3) is 4.11. The minimum absolute atomic E-state index is 0.164. The number of rotatable bonds is 5. The van der Waals surface area contributed by atoms with Crippen LogP contribution in [0.4, 0.5) is 0 Å². The van der Waals surface area contributed by atoms with Crippen molar-refractivity contribution in [3.63, 3.8) is 0 Å². The van der Waals surface area contributed by atoms with Gasteiger partial charge >= 0.3 is 0 Å². The maximum absolute atomic E-state index is 12.8. The fraction of sp³-hybridized carbons (Fsp3) is 0.421. The van der Waals surface area contributed by atoms with Crippen molar-refractivity contribution in [1.82, 2.24) is 15.1 Å². The summed E-state index contributed by atoms with van der Waals surface area (Å²) < 4.78 is 13.2. The average molecular weight is 372 g/mol. The highest BCUT2D eigenvalue weighted by Crippen LogP contribution is 2.20. The van der Waals surface area contributed by atoms with Crippen LogP contribution in [0.1, 0.15) is 38.5 Å². The van der Waals surface area contributed by atoms with E-state index in [-0.39, 0.29) is 18.1 Å². The second-order valence-electron chi connectivity index (χ2n) is 6.66. The number of ether oxygens (including phenoxy) is 2. The average Bonchev–Trinajstić information content (AvgIpc) is 2.89. The zero-order valence-electron chi connectivity index (χ0n) is 15.7. The SMILES string of the molecule is Cc1nn(C)c(C)c1C(=O)N[C@@H]1CCOC[C@H]1Oc1ccc(C(N)=O)cc1. The van der Waals surface area contributed by atoms with Gasteiger partial charge < -0.3 is 20.5 Å². The van der Waals surface area contributed by atoms with Crippen molar-refractivity contribution in [2.24, 2.45) is 12.8 Å². The van der Waals surface area contributed by atoms with Crippen LogP contribution in [-0.4, -0.2) is 47.0 Å². The van der Waals surface area contributed by atoms with Crippen molar-refractivity contribution in [2.75, 3.05) is 13.2 Å². The monoisotopic (exact) mass is 372 g/mol. The zero-order valence-corrected chi connectivity index (χ0v) is 15.7. The lowest BCUT2D eigenvalue weighted by Gasteiger charge is -2.32. The number of hydrogen-bond donors (Lipinski definition) is 2. The molecule has 0 unspecified atom stereocenters. The van der Waals surface area contributed by atoms with Crippen LogP contribution in [0.2, 0.25) is 0 Å². The third-order valence-corrected chi connectivity index (χ3v) is 4.78. The lowest BCUT2D eigenvalue weighted by atomic mass is 10.0. The van der Waals surface area contributed by atoms with Crippen LogP contribution in [0.3, 0.4) is 0 Å². The standard InChI is InChI=1S/C19H24N4O4/c1-11-17(12(2)23(3)22-11)19(25)21-15-8-9-26-10-16(15)27-14-6-4-13(5-7-14)18(20)24/h4-7,15-16H,8-10H2,1-3H3,(H2,20,24)(H,21,25)/t15-,16-/m1/s1. The van der Waals surface area contributed by atoms with Crippen LogP contribution in [-0.2, 0) is 11.8 Å². The number of nitrogens with two attached hydrogens (primary N) is 1. The summed E-state index contributed by atoms with van der Waals surface area (Å²) in [5, 5.41) is 7.35. The van der Waals surface area contributed by atoms with Crippen molar-refractivity contribution in [2.45, 2.75) is 32.4 Å². The Hall–Kier alpha value is -2.87. The van der Waals surface area contributed by atoms with Gasteiger partial charge in [0.25, 0.3) is 5.91 Å². The molecule has 0 bridgehead atoms. The minimum atomic E-state index is -0.491. The molecule has 144 valence electrons. The van der Waals surface area contributed by atoms with Gasteiger partial charge in [-0.2, -0.15) is 5.10 Å². The maximum atomic E-state index is 12.8. The predicted molar refractivity (Wildman–Crippen MR) is 98.7 cm³/mol. The number of primary amides is 1. The highest BCUT2D eigenvalue weighted by Gasteiger charge is 2.30. The first-order valence-electron chi connectivity index (χ1n) is 8.82. The van der Waals surface area contributed by atoms with Crippen molar-refractivity contribution in [3.8, 4) is 5.75 Å². The molecule has 1 aromatic heterocycles. The van der Waals surface area contributed by atoms with Crippen molar-refractivity contribution >= 4 is 11.8 Å². The zero-order chi connectivity index (χ0) is 19.6. The first kappa shape index (κ1) is 18.9. The van der Waals surface area contributed by atoms with Crippen LogP contribution in [0.15, 0.2) is 24.3 Å². The lowest BCUT2D eigenvalue weighted by molar-refractivity contribution is -0.0135. The second-order valence-corrected chi connectivity index (χ2v) is 6.66. The van der Waals surface area contributed by atoms with E-state index < -0.39 is 5.91 Å². The maximum Gasteiger partial charge on any atom is 0.255 e. The van der Waals surface area contributed by atoms with E-state index in [4.69, 9.17) is 15.2 Å². The number of aromatic nitrogens is 2. The number of aryl methyl sites for hydroxylation is 2. The summed E-state index contributed by atoms with van der Waals surface area (Å²) in [5.74, 6) is -0.0685. The Balaban J connectivity index is 1.71. The van der Waals surface area contributed by atoms with Gasteiger partial charge in [-0.15, -0.1) is 0 Å². The van der Waals surface area contributed by atoms with E-state index in [0.717, 1.165) is 5.69 Å². The Bertz CT molecular complexity index is 844. The molecule has 8 heteroatoms. The fourth-order valence-corrected chi connectivity index (χ4v) is 3.21. The summed E-state index contributed by atoms with van der Waals surface area (Å²) in [4.78, 5) is 23.9. The fourth-order valence-electron chi connectivity index (χ4n) is 3.21. The van der Waals surface area contributed by atoms with Gasteiger partial charge in [0.05, 0.1) is 23.9 Å². The highest BCUT2D eigenvalue weighted by atomic mass is 16.5. The Morgan fingerprint density at radius 1 is 1.30 bits per heavy atom. The highest BCUT2D eigenvalue weighted by molar-refractivity contribution is 5.96. The number of hydrogen-bond acceptors (Lipinski definition) is 5. The summed E-state index contributed by atoms with van der Waals surface area (Å²) in [7, 11) is 1.81. The molecule has 0 spiro atoms. The number of benzene rings is 1. The summed E-state index contributed by atoms with van der Waals surface area (Å²) in [6, 6.07) is 6.39. The Morgan fingerprint density at radius 2 is 2.00 bits per heavy atom. The van der Waals surface area contributed by atoms with Crippen LogP contribution in [0.25, 0.3) is 0 Å². The van der Waals surface area contributed by atoms with Gasteiger partial charge in [-0.25, -0.2) is 0 Å². The van der Waals surface area contributed by atoms with E-state index >= 15 is 0 Å². The van der Waals surface area contributed by atoms with Gasteiger partial charge in [-0.3, -0.25) is 14.3 Å². The molecule has 1 saturated heterocycles. The molecule has 3 rings (SSSR count). The minimum Gasteiger partial charge on any atom is -0.486 e. The molecule has 1 aromatic carbocycles. The molecule has 3 N–H and O–H groups in total. The smallest absolute Gasteiger partial charge is 0.255 e. The summed E-state index contributed by atoms with van der Waals surface area (Å²) in [6.45, 7) is 4.61. The molecular weight excluding hydrogens is 348 g/mol. The largest absolute Gasteiger partial charge is 0.486 e. The molecule has 0 radical (unpaired) electrons. The van der Waals surface area contributed by atoms with Gasteiger partial charge in [-0.1, -0.05) is 0 Å². The van der Waals surface area contributed by atoms with Crippen molar-refractivity contribution in [3.05, 3.63) is 46.8 Å². The second kappa shape index (κ2) is 7.79. The topological polar surface area (TPSA) is 108 Å². The summed E-state index contributed by atoms with van der Waals surface area (Å²) >= 11 is 0. The van der Waals surface area contributed by atoms with E-state index in [0.29, 0.717) is 42.2 Å². The third-order valence-electron chi connectivity index (χ3n) is 4.78. The molecule has 8 nitrogen and oxygen atoms in total. The van der Waals surface area contributed by atoms with Crippen LogP contribution in [0.5, 0.6) is 5.75 Å². The summed E-state index contributed by atoms with van der Waals surface area (Å²) in [6.07, 6.45) is 0.313. The Kier molecular flexibility index (Phi) is 5.46. The Labute approximate surface area is 157 Å². The van der Waals surface area contributed by atoms with Gasteiger partial charge in [0.15, 0.2) is 0 Å². The van der Waals surface area contributed by atoms with Gasteiger partial charge in [-0.05, 0) is 44.5 Å². The number of nitrogens with zero attached hydrogens (tertiary/aromatic N) is 2. The molecule has 1 aliphatic rings. The van der Waals surface area contributed by atoms with E-state index in [9.17, 15) is 9.59 Å². The normalized spacial score (nSPS) is 19.5. The summed E-state index contributed by atoms with van der Waals surface area (Å²) in [5.41, 5.74) is 7.77. The lowest BCUT2D eigenvalue weighted by Crippen LogP contribution is -2.51. The van der Waals surface area contributed by atoms with Crippen LogP contribution in [0, 0.1) is 13.8 Å². The number of nitrogens with one attached hydrogen (secondary N) is 1. The van der Waals surface area contributed by atoms with E-state index in [1.807, 2.05) is 20.9 Å². The van der Waals surface area contributed by atoms with Crippen molar-refractivity contribution in [1.29, 1.82) is 0 Å². The van der Waals surface area contributed by atoms with E-state index in [2.05, 4.69) is 10.4 Å². The molecule has 2 amide bonds. The molecule has 27 heavy (non-hydrogen) atoms. The van der Waals surface area contributed by atoms with Crippen molar-refractivity contribution < 1.29 is 19.1 Å². The molecule has 2 atom stereocenters. The predicted octanol–water partition coefficient (Wildman–Crippen LogP) is 1.10. The van der Waals surface area contributed by atoms with E-state index in [1.54, 1.807) is 28.9 Å². The quantitative estimate of drug-likeness (QED) is 0.817. The molecule has 1 aliphatic heterocycles. The molecule has 2 heterocycles. The first-order valence-corrected chi connectivity index (χ1v) is 8.82. The van der Waals surface area contributed by atoms with Gasteiger partial charge in [0.1, 0.15) is 11.9 Å². The number of carbonyl (C=O) groups excluding carboxylic acids is 2.